The third-order valence-electron chi connectivity index (χ3n) is 2.85. The highest BCUT2D eigenvalue weighted by molar-refractivity contribution is 5.96. The van der Waals surface area contributed by atoms with Gasteiger partial charge in [-0.05, 0) is 25.5 Å². The van der Waals surface area contributed by atoms with Crippen LogP contribution in [-0.2, 0) is 4.79 Å². The van der Waals surface area contributed by atoms with Gasteiger partial charge in [0.25, 0.3) is 5.91 Å². The number of nitrogens with zero attached hydrogens (tertiary/aromatic N) is 1. The molecule has 0 unspecified atom stereocenters. The smallest absolute Gasteiger partial charge is 0.254 e. The molecule has 1 aromatic carbocycles. The lowest BCUT2D eigenvalue weighted by molar-refractivity contribution is -0.121. The maximum atomic E-state index is 12.2. The molecule has 0 radical (unpaired) electrons. The van der Waals surface area contributed by atoms with Gasteiger partial charge in [-0.2, -0.15) is 0 Å². The van der Waals surface area contributed by atoms with Crippen LogP contribution in [0.15, 0.2) is 24.3 Å². The first-order chi connectivity index (χ1) is 8.16. The number of rotatable bonds is 1. The van der Waals surface area contributed by atoms with E-state index in [9.17, 15) is 9.59 Å². The number of nitrogens with one attached hydrogen (secondary N) is 1. The quantitative estimate of drug-likeness (QED) is 0.784. The van der Waals surface area contributed by atoms with Crippen molar-refractivity contribution in [2.75, 3.05) is 19.6 Å². The number of carbonyl (C=O) groups is 2. The Morgan fingerprint density at radius 1 is 1.29 bits per heavy atom. The summed E-state index contributed by atoms with van der Waals surface area (Å²) < 4.78 is 0. The molecule has 1 aromatic rings. The van der Waals surface area contributed by atoms with Gasteiger partial charge in [-0.25, -0.2) is 0 Å². The van der Waals surface area contributed by atoms with Crippen molar-refractivity contribution in [3.8, 4) is 0 Å². The molecule has 2 rings (SSSR count). The van der Waals surface area contributed by atoms with Crippen LogP contribution >= 0.6 is 0 Å². The second kappa shape index (κ2) is 4.99. The minimum Gasteiger partial charge on any atom is -0.354 e. The lowest BCUT2D eigenvalue weighted by Crippen LogP contribution is -2.37. The zero-order chi connectivity index (χ0) is 12.3. The molecule has 0 aromatic heterocycles. The Morgan fingerprint density at radius 3 is 2.71 bits per heavy atom. The van der Waals surface area contributed by atoms with Crippen molar-refractivity contribution in [2.24, 2.45) is 0 Å². The van der Waals surface area contributed by atoms with Crippen LogP contribution in [0.2, 0.25) is 0 Å². The van der Waals surface area contributed by atoms with E-state index >= 15 is 0 Å². The van der Waals surface area contributed by atoms with Gasteiger partial charge in [0.15, 0.2) is 0 Å². The Morgan fingerprint density at radius 2 is 2.00 bits per heavy atom. The summed E-state index contributed by atoms with van der Waals surface area (Å²) in [4.78, 5) is 25.1. The fraction of sp³-hybridized carbons (Fsp3) is 0.385. The van der Waals surface area contributed by atoms with Gasteiger partial charge in [0, 0.05) is 18.7 Å². The Labute approximate surface area is 101 Å². The van der Waals surface area contributed by atoms with Gasteiger partial charge in [0.1, 0.15) is 0 Å². The zero-order valence-electron chi connectivity index (χ0n) is 9.90. The van der Waals surface area contributed by atoms with Gasteiger partial charge in [-0.3, -0.25) is 9.59 Å². The molecular formula is C13H16N2O2. The van der Waals surface area contributed by atoms with E-state index in [1.807, 2.05) is 19.1 Å². The van der Waals surface area contributed by atoms with Crippen molar-refractivity contribution in [3.05, 3.63) is 35.4 Å². The maximum Gasteiger partial charge on any atom is 0.254 e. The first-order valence-corrected chi connectivity index (χ1v) is 5.79. The van der Waals surface area contributed by atoms with Crippen molar-refractivity contribution in [1.29, 1.82) is 0 Å². The number of benzene rings is 1. The summed E-state index contributed by atoms with van der Waals surface area (Å²) in [5, 5.41) is 2.76. The summed E-state index contributed by atoms with van der Waals surface area (Å²) in [5.41, 5.74) is 1.76. The lowest BCUT2D eigenvalue weighted by Gasteiger charge is -2.18. The fourth-order valence-corrected chi connectivity index (χ4v) is 1.86. The van der Waals surface area contributed by atoms with Crippen LogP contribution in [0.25, 0.3) is 0 Å². The van der Waals surface area contributed by atoms with Gasteiger partial charge in [-0.1, -0.05) is 17.7 Å². The van der Waals surface area contributed by atoms with Gasteiger partial charge < -0.3 is 10.2 Å². The molecule has 0 saturated carbocycles. The molecule has 0 atom stereocenters. The summed E-state index contributed by atoms with van der Waals surface area (Å²) in [6.45, 7) is 3.42. The van der Waals surface area contributed by atoms with Crippen LogP contribution in [0.5, 0.6) is 0 Å². The van der Waals surface area contributed by atoms with E-state index in [4.69, 9.17) is 0 Å². The van der Waals surface area contributed by atoms with E-state index < -0.39 is 0 Å². The number of hydrogen-bond acceptors (Lipinski definition) is 2. The van der Waals surface area contributed by atoms with Gasteiger partial charge in [0.2, 0.25) is 5.91 Å². The molecule has 4 nitrogen and oxygen atoms in total. The Hall–Kier alpha value is -1.84. The molecule has 1 saturated heterocycles. The molecule has 4 heteroatoms. The topological polar surface area (TPSA) is 49.4 Å². The molecule has 1 N–H and O–H groups in total. The third kappa shape index (κ3) is 2.84. The average Bonchev–Trinajstić information content (AvgIpc) is 2.54. The predicted molar refractivity (Wildman–Crippen MR) is 64.7 cm³/mol. The number of amides is 2. The second-order valence-corrected chi connectivity index (χ2v) is 4.30. The zero-order valence-corrected chi connectivity index (χ0v) is 9.90. The highest BCUT2D eigenvalue weighted by atomic mass is 16.2. The summed E-state index contributed by atoms with van der Waals surface area (Å²) in [6.07, 6.45) is 0.809. The maximum absolute atomic E-state index is 12.2. The van der Waals surface area contributed by atoms with Crippen molar-refractivity contribution >= 4 is 11.8 Å². The number of hydrogen-bond donors (Lipinski definition) is 1. The first-order valence-electron chi connectivity index (χ1n) is 5.79. The SMILES string of the molecule is Cc1ccc(C(=O)N2CCCNC(=O)C2)cc1. The van der Waals surface area contributed by atoms with Gasteiger partial charge in [0.05, 0.1) is 6.54 Å². The molecular weight excluding hydrogens is 216 g/mol. The van der Waals surface area contributed by atoms with Crippen LogP contribution in [0.1, 0.15) is 22.3 Å². The second-order valence-electron chi connectivity index (χ2n) is 4.30. The van der Waals surface area contributed by atoms with E-state index in [1.54, 1.807) is 17.0 Å². The lowest BCUT2D eigenvalue weighted by atomic mass is 10.1. The summed E-state index contributed by atoms with van der Waals surface area (Å²) in [7, 11) is 0. The number of aryl methyl sites for hydroxylation is 1. The van der Waals surface area contributed by atoms with E-state index in [1.165, 1.54) is 0 Å². The van der Waals surface area contributed by atoms with Crippen LogP contribution in [0.3, 0.4) is 0 Å². The van der Waals surface area contributed by atoms with Crippen LogP contribution in [0.4, 0.5) is 0 Å². The summed E-state index contributed by atoms with van der Waals surface area (Å²) in [5.74, 6) is -0.148. The molecule has 0 bridgehead atoms. The molecule has 2 amide bonds. The van der Waals surface area contributed by atoms with E-state index in [-0.39, 0.29) is 18.4 Å². The molecule has 0 aliphatic carbocycles. The normalized spacial score (nSPS) is 16.3. The van der Waals surface area contributed by atoms with Crippen molar-refractivity contribution < 1.29 is 9.59 Å². The summed E-state index contributed by atoms with van der Waals surface area (Å²) >= 11 is 0. The molecule has 1 aliphatic rings. The molecule has 1 heterocycles. The number of carbonyl (C=O) groups excluding carboxylic acids is 2. The van der Waals surface area contributed by atoms with Gasteiger partial charge >= 0.3 is 0 Å². The molecule has 90 valence electrons. The van der Waals surface area contributed by atoms with Gasteiger partial charge in [-0.15, -0.1) is 0 Å². The Bertz CT molecular complexity index is 426. The summed E-state index contributed by atoms with van der Waals surface area (Å²) in [6, 6.07) is 7.43. The Balaban J connectivity index is 2.13. The van der Waals surface area contributed by atoms with Crippen molar-refractivity contribution in [1.82, 2.24) is 10.2 Å². The largest absolute Gasteiger partial charge is 0.354 e. The Kier molecular flexibility index (Phi) is 3.42. The highest BCUT2D eigenvalue weighted by Crippen LogP contribution is 2.08. The van der Waals surface area contributed by atoms with Crippen LogP contribution < -0.4 is 5.32 Å². The monoisotopic (exact) mass is 232 g/mol. The van der Waals surface area contributed by atoms with E-state index in [0.717, 1.165) is 12.0 Å². The van der Waals surface area contributed by atoms with Crippen LogP contribution in [-0.4, -0.2) is 36.3 Å². The molecule has 1 fully saturated rings. The van der Waals surface area contributed by atoms with E-state index in [0.29, 0.717) is 18.7 Å². The van der Waals surface area contributed by atoms with E-state index in [2.05, 4.69) is 5.32 Å². The fourth-order valence-electron chi connectivity index (χ4n) is 1.86. The minimum absolute atomic E-state index is 0.0675. The van der Waals surface area contributed by atoms with Crippen LogP contribution in [0, 0.1) is 6.92 Å². The van der Waals surface area contributed by atoms with Crippen molar-refractivity contribution in [2.45, 2.75) is 13.3 Å². The standard InChI is InChI=1S/C13H16N2O2/c1-10-3-5-11(6-4-10)13(17)15-8-2-7-14-12(16)9-15/h3-6H,2,7-9H2,1H3,(H,14,16). The molecule has 0 spiro atoms. The molecule has 17 heavy (non-hydrogen) atoms. The molecule has 1 aliphatic heterocycles. The highest BCUT2D eigenvalue weighted by Gasteiger charge is 2.20. The predicted octanol–water partition coefficient (Wildman–Crippen LogP) is 0.957. The average molecular weight is 232 g/mol. The van der Waals surface area contributed by atoms with Crippen molar-refractivity contribution in [3.63, 3.8) is 0 Å². The first kappa shape index (κ1) is 11.6. The minimum atomic E-state index is -0.0806. The third-order valence-corrected chi connectivity index (χ3v) is 2.85.